The van der Waals surface area contributed by atoms with Gasteiger partial charge in [0.25, 0.3) is 0 Å². The first-order valence-electron chi connectivity index (χ1n) is 12.4. The van der Waals surface area contributed by atoms with E-state index < -0.39 is 0 Å². The van der Waals surface area contributed by atoms with E-state index in [1.54, 1.807) is 0 Å². The molecule has 0 spiro atoms. The van der Waals surface area contributed by atoms with Crippen molar-refractivity contribution < 1.29 is 0 Å². The minimum Gasteiger partial charge on any atom is -0.0988 e. The van der Waals surface area contributed by atoms with E-state index in [2.05, 4.69) is 89.4 Å². The third kappa shape index (κ3) is 5.80. The maximum absolute atomic E-state index is 4.14. The average Bonchev–Trinajstić information content (AvgIpc) is 2.82. The highest BCUT2D eigenvalue weighted by Gasteiger charge is 2.21. The van der Waals surface area contributed by atoms with Gasteiger partial charge in [-0.3, -0.25) is 0 Å². The van der Waals surface area contributed by atoms with Gasteiger partial charge in [0.15, 0.2) is 0 Å². The highest BCUT2D eigenvalue weighted by Crippen LogP contribution is 2.39. The summed E-state index contributed by atoms with van der Waals surface area (Å²) in [4.78, 5) is 0. The van der Waals surface area contributed by atoms with E-state index in [9.17, 15) is 0 Å². The summed E-state index contributed by atoms with van der Waals surface area (Å²) in [6, 6.07) is 13.9. The van der Waals surface area contributed by atoms with Crippen LogP contribution in [0.4, 0.5) is 0 Å². The molecule has 0 unspecified atom stereocenters. The molecule has 1 aliphatic rings. The Morgan fingerprint density at radius 2 is 1.72 bits per heavy atom. The molecule has 0 aromatic heterocycles. The molecule has 0 heterocycles. The van der Waals surface area contributed by atoms with Crippen LogP contribution in [0.5, 0.6) is 0 Å². The number of hydrogen-bond donors (Lipinski definition) is 0. The lowest BCUT2D eigenvalue weighted by molar-refractivity contribution is 0.430. The van der Waals surface area contributed by atoms with Crippen LogP contribution in [0.2, 0.25) is 0 Å². The molecule has 1 saturated carbocycles. The van der Waals surface area contributed by atoms with Crippen LogP contribution >= 0.6 is 0 Å². The van der Waals surface area contributed by atoms with Gasteiger partial charge in [-0.1, -0.05) is 106 Å². The lowest BCUT2D eigenvalue weighted by atomic mass is 9.78. The van der Waals surface area contributed by atoms with Crippen LogP contribution in [-0.2, 0) is 6.42 Å². The largest absolute Gasteiger partial charge is 0.0988 e. The summed E-state index contributed by atoms with van der Waals surface area (Å²) in [6.07, 6.45) is 15.5. The van der Waals surface area contributed by atoms with Crippen LogP contribution < -0.4 is 0 Å². The summed E-state index contributed by atoms with van der Waals surface area (Å²) in [5.74, 6) is 0.630. The fraction of sp³-hybridized carbons (Fsp3) is 0.375. The lowest BCUT2D eigenvalue weighted by Crippen LogP contribution is -2.10. The SMILES string of the molecule is C=C/C(=C/c1cc(CC)ccc1/C=C(/c1ccc(C(=C)C)cc1C)C1CCCCC1)CC. The molecule has 1 aliphatic carbocycles. The minimum atomic E-state index is 0.630. The zero-order chi connectivity index (χ0) is 23.1. The quantitative estimate of drug-likeness (QED) is 0.292. The van der Waals surface area contributed by atoms with Crippen LogP contribution in [0.15, 0.2) is 61.2 Å². The Morgan fingerprint density at radius 1 is 0.969 bits per heavy atom. The molecule has 32 heavy (non-hydrogen) atoms. The van der Waals surface area contributed by atoms with E-state index in [4.69, 9.17) is 0 Å². The second-order valence-electron chi connectivity index (χ2n) is 9.34. The average molecular weight is 425 g/mol. The van der Waals surface area contributed by atoms with Gasteiger partial charge in [-0.25, -0.2) is 0 Å². The van der Waals surface area contributed by atoms with Gasteiger partial charge in [0.2, 0.25) is 0 Å². The number of hydrogen-bond acceptors (Lipinski definition) is 0. The molecule has 0 amide bonds. The van der Waals surface area contributed by atoms with E-state index in [1.165, 1.54) is 76.6 Å². The molecular formula is C32H40. The van der Waals surface area contributed by atoms with Crippen LogP contribution in [0, 0.1) is 12.8 Å². The van der Waals surface area contributed by atoms with E-state index in [0.29, 0.717) is 5.92 Å². The lowest BCUT2D eigenvalue weighted by Gasteiger charge is -2.26. The Kier molecular flexibility index (Phi) is 8.51. The van der Waals surface area contributed by atoms with Gasteiger partial charge in [0, 0.05) is 0 Å². The van der Waals surface area contributed by atoms with Crippen molar-refractivity contribution in [3.8, 4) is 0 Å². The fourth-order valence-corrected chi connectivity index (χ4v) is 4.86. The van der Waals surface area contributed by atoms with Crippen LogP contribution in [0.1, 0.15) is 92.7 Å². The normalized spacial score (nSPS) is 15.6. The number of allylic oxidation sites excluding steroid dienone is 4. The second kappa shape index (κ2) is 11.3. The van der Waals surface area contributed by atoms with Gasteiger partial charge in [-0.2, -0.15) is 0 Å². The van der Waals surface area contributed by atoms with Crippen molar-refractivity contribution in [1.82, 2.24) is 0 Å². The van der Waals surface area contributed by atoms with E-state index in [-0.39, 0.29) is 0 Å². The minimum absolute atomic E-state index is 0.630. The Labute approximate surface area is 196 Å². The Hall–Kier alpha value is -2.60. The molecule has 0 atom stereocenters. The van der Waals surface area contributed by atoms with Crippen molar-refractivity contribution in [3.05, 3.63) is 94.6 Å². The third-order valence-corrected chi connectivity index (χ3v) is 6.96. The van der Waals surface area contributed by atoms with E-state index >= 15 is 0 Å². The number of aryl methyl sites for hydroxylation is 2. The number of rotatable bonds is 8. The van der Waals surface area contributed by atoms with Gasteiger partial charge >= 0.3 is 0 Å². The molecule has 168 valence electrons. The second-order valence-corrected chi connectivity index (χ2v) is 9.34. The molecule has 0 saturated heterocycles. The van der Waals surface area contributed by atoms with Crippen molar-refractivity contribution in [2.24, 2.45) is 5.92 Å². The summed E-state index contributed by atoms with van der Waals surface area (Å²) < 4.78 is 0. The van der Waals surface area contributed by atoms with Crippen molar-refractivity contribution in [2.45, 2.75) is 72.6 Å². The molecule has 3 rings (SSSR count). The van der Waals surface area contributed by atoms with Gasteiger partial charge in [-0.05, 0) is 90.0 Å². The summed E-state index contributed by atoms with van der Waals surface area (Å²) >= 11 is 0. The van der Waals surface area contributed by atoms with Crippen LogP contribution in [0.3, 0.4) is 0 Å². The Balaban J connectivity index is 2.17. The van der Waals surface area contributed by atoms with Gasteiger partial charge in [-0.15, -0.1) is 0 Å². The highest BCUT2D eigenvalue weighted by molar-refractivity contribution is 5.87. The van der Waals surface area contributed by atoms with Crippen molar-refractivity contribution in [2.75, 3.05) is 0 Å². The first-order chi connectivity index (χ1) is 15.5. The van der Waals surface area contributed by atoms with Crippen molar-refractivity contribution >= 4 is 23.3 Å². The maximum atomic E-state index is 4.14. The highest BCUT2D eigenvalue weighted by atomic mass is 14.3. The molecule has 0 bridgehead atoms. The molecule has 1 fully saturated rings. The predicted octanol–water partition coefficient (Wildman–Crippen LogP) is 9.69. The smallest absolute Gasteiger partial charge is 0.0156 e. The zero-order valence-electron chi connectivity index (χ0n) is 20.6. The van der Waals surface area contributed by atoms with Gasteiger partial charge in [0.1, 0.15) is 0 Å². The van der Waals surface area contributed by atoms with Gasteiger partial charge in [0.05, 0.1) is 0 Å². The molecule has 0 aliphatic heterocycles. The number of benzene rings is 2. The first kappa shape index (κ1) is 24.1. The monoisotopic (exact) mass is 424 g/mol. The first-order valence-corrected chi connectivity index (χ1v) is 12.4. The molecule has 2 aromatic rings. The van der Waals surface area contributed by atoms with Crippen LogP contribution in [0.25, 0.3) is 23.3 Å². The van der Waals surface area contributed by atoms with Crippen molar-refractivity contribution in [1.29, 1.82) is 0 Å². The zero-order valence-corrected chi connectivity index (χ0v) is 20.6. The molecular weight excluding hydrogens is 384 g/mol. The molecule has 0 nitrogen and oxygen atoms in total. The third-order valence-electron chi connectivity index (χ3n) is 6.96. The molecule has 0 radical (unpaired) electrons. The topological polar surface area (TPSA) is 0 Å². The van der Waals surface area contributed by atoms with Crippen molar-refractivity contribution in [3.63, 3.8) is 0 Å². The molecule has 0 heteroatoms. The molecule has 0 N–H and O–H groups in total. The standard InChI is InChI=1S/C32H40/c1-7-25(8-2)20-30-21-26(9-3)15-16-29(30)22-32(27-13-11-10-12-14-27)31-18-17-28(23(4)5)19-24(31)6/h7,15-22,27H,1,4,8-14H2,2-3,5-6H3/b25-20-,32-22+. The van der Waals surface area contributed by atoms with E-state index in [1.807, 2.05) is 6.08 Å². The fourth-order valence-electron chi connectivity index (χ4n) is 4.86. The Morgan fingerprint density at radius 3 is 2.31 bits per heavy atom. The summed E-state index contributed by atoms with van der Waals surface area (Å²) in [6.45, 7) is 16.9. The van der Waals surface area contributed by atoms with E-state index in [0.717, 1.165) is 18.4 Å². The maximum Gasteiger partial charge on any atom is -0.0156 e. The summed E-state index contributed by atoms with van der Waals surface area (Å²) in [5.41, 5.74) is 11.9. The summed E-state index contributed by atoms with van der Waals surface area (Å²) in [7, 11) is 0. The predicted molar refractivity (Wildman–Crippen MR) is 145 cm³/mol. The summed E-state index contributed by atoms with van der Waals surface area (Å²) in [5, 5.41) is 0. The molecule has 2 aromatic carbocycles. The van der Waals surface area contributed by atoms with Crippen LogP contribution in [-0.4, -0.2) is 0 Å². The Bertz CT molecular complexity index is 1020. The van der Waals surface area contributed by atoms with Gasteiger partial charge < -0.3 is 0 Å².